The number of nitrogens with two attached hydrogens (primary N) is 1. The van der Waals surface area contributed by atoms with E-state index in [1.54, 1.807) is 49.5 Å². The van der Waals surface area contributed by atoms with Crippen LogP contribution in [0, 0.1) is 5.92 Å². The van der Waals surface area contributed by atoms with Crippen LogP contribution >= 0.6 is 0 Å². The molecule has 0 aromatic carbocycles. The summed E-state index contributed by atoms with van der Waals surface area (Å²) in [5.41, 5.74) is 5.92. The maximum absolute atomic E-state index is 12.4. The molecule has 0 aliphatic carbocycles. The van der Waals surface area contributed by atoms with Gasteiger partial charge in [0.15, 0.2) is 12.1 Å². The topological polar surface area (TPSA) is 231 Å². The average Bonchev–Trinajstić information content (AvgIpc) is 3.76. The lowest BCUT2D eigenvalue weighted by molar-refractivity contribution is -0.308. The SMILES string of the molecule is CCC[C@@H]1C\C=C/C=C\C=C/C=C\[C@@H](O[C@H]2O[C@@H](C)[C@@H](N)[C@@H](O)[C@@H]2O)C[C@H]2O[C@](O)(C[C@H](O)C[C@H]3O[C@@H]3/C=C\C(=O)O1)C[C@@H](O)[C@H]2C(=O)O. The highest BCUT2D eigenvalue weighted by Gasteiger charge is 2.51. The predicted molar refractivity (Wildman–Crippen MR) is 174 cm³/mol. The Kier molecular flexibility index (Phi) is 14.3. The smallest absolute Gasteiger partial charge is 0.330 e. The fourth-order valence-electron chi connectivity index (χ4n) is 6.41. The second kappa shape index (κ2) is 17.9. The lowest BCUT2D eigenvalue weighted by Crippen LogP contribution is -2.61. The summed E-state index contributed by atoms with van der Waals surface area (Å²) in [5, 5.41) is 64.3. The van der Waals surface area contributed by atoms with E-state index in [0.29, 0.717) is 12.8 Å². The van der Waals surface area contributed by atoms with E-state index in [-0.39, 0.29) is 25.4 Å². The van der Waals surface area contributed by atoms with Crippen molar-refractivity contribution >= 4 is 11.9 Å². The largest absolute Gasteiger partial charge is 0.481 e. The van der Waals surface area contributed by atoms with Crippen molar-refractivity contribution in [3.05, 3.63) is 60.8 Å². The molecule has 4 aliphatic rings. The monoisotopic (exact) mass is 693 g/mol. The highest BCUT2D eigenvalue weighted by atomic mass is 16.7. The van der Waals surface area contributed by atoms with E-state index in [0.717, 1.165) is 6.42 Å². The maximum Gasteiger partial charge on any atom is 0.330 e. The number of cyclic esters (lactones) is 1. The number of esters is 1. The van der Waals surface area contributed by atoms with Crippen LogP contribution in [0.4, 0.5) is 0 Å². The van der Waals surface area contributed by atoms with Crippen molar-refractivity contribution in [3.63, 3.8) is 0 Å². The average molecular weight is 694 g/mol. The third-order valence-corrected chi connectivity index (χ3v) is 9.10. The van der Waals surface area contributed by atoms with Gasteiger partial charge in [0.05, 0.1) is 42.7 Å². The summed E-state index contributed by atoms with van der Waals surface area (Å²) < 4.78 is 28.9. The van der Waals surface area contributed by atoms with Crippen molar-refractivity contribution in [2.45, 2.75) is 138 Å². The Hall–Kier alpha value is -2.76. The van der Waals surface area contributed by atoms with Crippen LogP contribution in [-0.2, 0) is 33.3 Å². The zero-order valence-corrected chi connectivity index (χ0v) is 27.8. The van der Waals surface area contributed by atoms with Crippen LogP contribution in [0.5, 0.6) is 0 Å². The van der Waals surface area contributed by atoms with E-state index in [9.17, 15) is 40.2 Å². The zero-order chi connectivity index (χ0) is 35.7. The molecule has 3 saturated heterocycles. The summed E-state index contributed by atoms with van der Waals surface area (Å²) in [4.78, 5) is 24.7. The van der Waals surface area contributed by atoms with E-state index in [4.69, 9.17) is 29.4 Å². The zero-order valence-electron chi connectivity index (χ0n) is 27.8. The first-order valence-corrected chi connectivity index (χ1v) is 16.9. The highest BCUT2D eigenvalue weighted by Crippen LogP contribution is 2.39. The molecular formula is C35H51NO13. The number of rotatable bonds is 5. The van der Waals surface area contributed by atoms with E-state index in [1.165, 1.54) is 6.08 Å². The molecule has 4 rings (SSSR count). The number of epoxide rings is 1. The number of carbonyl (C=O) groups is 2. The molecule has 14 atom stereocenters. The molecular weight excluding hydrogens is 642 g/mol. The molecule has 49 heavy (non-hydrogen) atoms. The molecule has 4 heterocycles. The van der Waals surface area contributed by atoms with Gasteiger partial charge in [-0.1, -0.05) is 62.0 Å². The van der Waals surface area contributed by atoms with Gasteiger partial charge in [-0.2, -0.15) is 0 Å². The fraction of sp³-hybridized carbons (Fsp3) is 0.657. The van der Waals surface area contributed by atoms with Crippen LogP contribution in [0.3, 0.4) is 0 Å². The van der Waals surface area contributed by atoms with Gasteiger partial charge < -0.3 is 60.1 Å². The van der Waals surface area contributed by atoms with Crippen molar-refractivity contribution in [1.82, 2.24) is 0 Å². The van der Waals surface area contributed by atoms with Crippen LogP contribution in [0.2, 0.25) is 0 Å². The molecule has 0 amide bonds. The first kappa shape index (κ1) is 39.0. The summed E-state index contributed by atoms with van der Waals surface area (Å²) >= 11 is 0. The van der Waals surface area contributed by atoms with E-state index in [2.05, 4.69) is 0 Å². The number of hydrogen-bond acceptors (Lipinski definition) is 13. The third kappa shape index (κ3) is 11.4. The van der Waals surface area contributed by atoms with Crippen LogP contribution in [-0.4, -0.2) is 122 Å². The van der Waals surface area contributed by atoms with Gasteiger partial charge in [0.1, 0.15) is 30.3 Å². The molecule has 0 aromatic rings. The Morgan fingerprint density at radius 1 is 0.980 bits per heavy atom. The minimum Gasteiger partial charge on any atom is -0.481 e. The van der Waals surface area contributed by atoms with E-state index < -0.39 is 97.3 Å². The van der Waals surface area contributed by atoms with Gasteiger partial charge in [-0.3, -0.25) is 4.79 Å². The van der Waals surface area contributed by atoms with Gasteiger partial charge in [0, 0.05) is 38.2 Å². The Bertz CT molecular complexity index is 1250. The number of fused-ring (bicyclic) bond motifs is 3. The van der Waals surface area contributed by atoms with Gasteiger partial charge in [-0.15, -0.1) is 0 Å². The molecule has 2 bridgehead atoms. The number of allylic oxidation sites excluding steroid dienone is 6. The normalized spacial score (nSPS) is 45.8. The van der Waals surface area contributed by atoms with Gasteiger partial charge in [-0.25, -0.2) is 4.79 Å². The lowest BCUT2D eigenvalue weighted by Gasteiger charge is -2.45. The molecule has 14 heteroatoms. The number of carboxylic acid groups (broad SMARTS) is 1. The Morgan fingerprint density at radius 2 is 1.69 bits per heavy atom. The van der Waals surface area contributed by atoms with Crippen molar-refractivity contribution < 1.29 is 63.9 Å². The second-order valence-electron chi connectivity index (χ2n) is 13.2. The number of ether oxygens (including phenoxy) is 5. The molecule has 8 N–H and O–H groups in total. The van der Waals surface area contributed by atoms with Gasteiger partial charge in [0.2, 0.25) is 0 Å². The van der Waals surface area contributed by atoms with Crippen molar-refractivity contribution in [3.8, 4) is 0 Å². The molecule has 4 aliphatic heterocycles. The minimum atomic E-state index is -2.10. The molecule has 0 saturated carbocycles. The van der Waals surface area contributed by atoms with Crippen molar-refractivity contribution in [2.24, 2.45) is 11.7 Å². The fourth-order valence-corrected chi connectivity index (χ4v) is 6.41. The second-order valence-corrected chi connectivity index (χ2v) is 13.2. The summed E-state index contributed by atoms with van der Waals surface area (Å²) in [6, 6.07) is -0.870. The molecule has 0 radical (unpaired) electrons. The Balaban J connectivity index is 1.59. The Labute approximate surface area is 286 Å². The van der Waals surface area contributed by atoms with Crippen LogP contribution in [0.25, 0.3) is 0 Å². The molecule has 14 nitrogen and oxygen atoms in total. The van der Waals surface area contributed by atoms with Gasteiger partial charge in [0.25, 0.3) is 0 Å². The summed E-state index contributed by atoms with van der Waals surface area (Å²) in [6.45, 7) is 3.62. The highest BCUT2D eigenvalue weighted by molar-refractivity contribution is 5.82. The van der Waals surface area contributed by atoms with Gasteiger partial charge >= 0.3 is 11.9 Å². The van der Waals surface area contributed by atoms with Gasteiger partial charge in [-0.05, 0) is 19.4 Å². The number of aliphatic carboxylic acids is 1. The molecule has 274 valence electrons. The standard InChI is InChI=1S/C35H51NO13/c1-3-11-22-12-9-7-5-4-6-8-10-13-23(47-34-32(41)31(40)30(36)20(2)45-34)17-27-29(33(42)43)24(38)19-35(44,49-27)18-21(37)16-26-25(48-26)14-15-28(39)46-22/h4-10,13-15,20-27,29-32,34,37-38,40-41,44H,3,11-12,16-19,36H2,1-2H3,(H,42,43)/b5-4-,8-6-,9-7-,13-10-,15-14-/t20-,21+,22+,23+,24+,25+,26+,27+,29+,30+,31+,32-,34+,35+/m0/s1. The number of carboxylic acids is 1. The Morgan fingerprint density at radius 3 is 2.41 bits per heavy atom. The predicted octanol–water partition coefficient (Wildman–Crippen LogP) is 0.900. The summed E-state index contributed by atoms with van der Waals surface area (Å²) in [5.74, 6) is -5.43. The van der Waals surface area contributed by atoms with E-state index in [1.807, 2.05) is 19.1 Å². The number of aliphatic hydroxyl groups excluding tert-OH is 4. The van der Waals surface area contributed by atoms with Crippen LogP contribution in [0.15, 0.2) is 60.8 Å². The van der Waals surface area contributed by atoms with Crippen molar-refractivity contribution in [2.75, 3.05) is 0 Å². The van der Waals surface area contributed by atoms with Crippen molar-refractivity contribution in [1.29, 1.82) is 0 Å². The first-order chi connectivity index (χ1) is 23.3. The molecule has 0 spiro atoms. The number of hydrogen-bond donors (Lipinski definition) is 7. The quantitative estimate of drug-likeness (QED) is 0.157. The summed E-state index contributed by atoms with van der Waals surface area (Å²) in [7, 11) is 0. The maximum atomic E-state index is 12.4. The van der Waals surface area contributed by atoms with Crippen LogP contribution < -0.4 is 5.73 Å². The lowest BCUT2D eigenvalue weighted by atomic mass is 9.83. The minimum absolute atomic E-state index is 0.0793. The number of carbonyl (C=O) groups excluding carboxylic acids is 1. The van der Waals surface area contributed by atoms with Crippen LogP contribution in [0.1, 0.15) is 58.8 Å². The first-order valence-electron chi connectivity index (χ1n) is 16.9. The molecule has 0 aromatic heterocycles. The number of aliphatic hydroxyl groups is 5. The van der Waals surface area contributed by atoms with E-state index >= 15 is 0 Å². The molecule has 3 fully saturated rings. The third-order valence-electron chi connectivity index (χ3n) is 9.10. The summed E-state index contributed by atoms with van der Waals surface area (Å²) in [6.07, 6.45) is 6.77. The molecule has 0 unspecified atom stereocenters.